The second-order valence-electron chi connectivity index (χ2n) is 6.11. The molecule has 1 amide bonds. The first-order chi connectivity index (χ1) is 10.1. The van der Waals surface area contributed by atoms with Gasteiger partial charge in [-0.15, -0.1) is 0 Å². The monoisotopic (exact) mass is 307 g/mol. The van der Waals surface area contributed by atoms with Crippen LogP contribution in [0.15, 0.2) is 18.2 Å². The number of benzene rings is 1. The van der Waals surface area contributed by atoms with E-state index in [4.69, 9.17) is 17.3 Å². The molecule has 1 aromatic carbocycles. The number of rotatable bonds is 5. The van der Waals surface area contributed by atoms with Gasteiger partial charge in [-0.3, -0.25) is 4.79 Å². The zero-order valence-electron chi connectivity index (χ0n) is 12.1. The van der Waals surface area contributed by atoms with E-state index in [1.54, 1.807) is 6.07 Å². The first kappa shape index (κ1) is 14.7. The summed E-state index contributed by atoms with van der Waals surface area (Å²) in [5.41, 5.74) is 6.84. The number of halogens is 1. The number of nitrogens with two attached hydrogens (primary N) is 1. The quantitative estimate of drug-likeness (QED) is 0.878. The van der Waals surface area contributed by atoms with Crippen molar-refractivity contribution in [2.24, 2.45) is 11.7 Å². The molecular formula is C16H22ClN3O. The van der Waals surface area contributed by atoms with E-state index in [2.05, 4.69) is 10.2 Å². The van der Waals surface area contributed by atoms with E-state index in [-0.39, 0.29) is 0 Å². The van der Waals surface area contributed by atoms with Gasteiger partial charge in [-0.2, -0.15) is 0 Å². The standard InChI is InChI=1S/C16H22ClN3O/c17-15-9-13(3-4-14(15)16(18)21)20(12-1-2-12)10-11-5-7-19-8-6-11/h3-4,9,11-12,19H,1-2,5-8,10H2,(H2,18,21). The third-order valence-electron chi connectivity index (χ3n) is 4.45. The summed E-state index contributed by atoms with van der Waals surface area (Å²) in [6.07, 6.45) is 4.97. The average molecular weight is 308 g/mol. The number of nitrogens with one attached hydrogen (secondary N) is 1. The summed E-state index contributed by atoms with van der Waals surface area (Å²) in [6, 6.07) is 6.25. The summed E-state index contributed by atoms with van der Waals surface area (Å²) < 4.78 is 0. The van der Waals surface area contributed by atoms with Crippen LogP contribution in [0.3, 0.4) is 0 Å². The highest BCUT2D eigenvalue weighted by atomic mass is 35.5. The molecule has 1 saturated heterocycles. The van der Waals surface area contributed by atoms with Crippen molar-refractivity contribution in [3.8, 4) is 0 Å². The summed E-state index contributed by atoms with van der Waals surface area (Å²) in [4.78, 5) is 13.7. The number of anilines is 1. The number of nitrogens with zero attached hydrogens (tertiary/aromatic N) is 1. The van der Waals surface area contributed by atoms with Gasteiger partial charge in [-0.25, -0.2) is 0 Å². The van der Waals surface area contributed by atoms with Crippen molar-refractivity contribution in [1.29, 1.82) is 0 Å². The predicted molar refractivity (Wildman–Crippen MR) is 85.9 cm³/mol. The molecule has 1 aromatic rings. The fourth-order valence-corrected chi connectivity index (χ4v) is 3.34. The highest BCUT2D eigenvalue weighted by Gasteiger charge is 2.31. The molecule has 0 aromatic heterocycles. The lowest BCUT2D eigenvalue weighted by Gasteiger charge is -2.32. The third-order valence-corrected chi connectivity index (χ3v) is 4.76. The van der Waals surface area contributed by atoms with Crippen molar-refractivity contribution in [2.45, 2.75) is 31.7 Å². The normalized spacial score (nSPS) is 19.5. The van der Waals surface area contributed by atoms with Crippen LogP contribution in [0.2, 0.25) is 5.02 Å². The van der Waals surface area contributed by atoms with Crippen molar-refractivity contribution in [3.05, 3.63) is 28.8 Å². The Morgan fingerprint density at radius 3 is 2.57 bits per heavy atom. The first-order valence-corrected chi connectivity index (χ1v) is 8.09. The van der Waals surface area contributed by atoms with E-state index in [9.17, 15) is 4.79 Å². The Balaban J connectivity index is 1.77. The van der Waals surface area contributed by atoms with Crippen LogP contribution in [-0.2, 0) is 0 Å². The lowest BCUT2D eigenvalue weighted by molar-refractivity contribution is 0.100. The number of hydrogen-bond donors (Lipinski definition) is 2. The van der Waals surface area contributed by atoms with Crippen molar-refractivity contribution < 1.29 is 4.79 Å². The minimum Gasteiger partial charge on any atom is -0.368 e. The van der Waals surface area contributed by atoms with E-state index >= 15 is 0 Å². The predicted octanol–water partition coefficient (Wildman–Crippen LogP) is 2.41. The maximum absolute atomic E-state index is 11.3. The summed E-state index contributed by atoms with van der Waals surface area (Å²) >= 11 is 6.20. The number of hydrogen-bond acceptors (Lipinski definition) is 3. The molecule has 4 nitrogen and oxygen atoms in total. The number of carbonyl (C=O) groups is 1. The number of primary amides is 1. The molecule has 3 N–H and O–H groups in total. The van der Waals surface area contributed by atoms with E-state index in [0.29, 0.717) is 16.6 Å². The Labute approximate surface area is 130 Å². The third kappa shape index (κ3) is 3.50. The average Bonchev–Trinajstić information content (AvgIpc) is 3.30. The van der Waals surface area contributed by atoms with Gasteiger partial charge in [0.2, 0.25) is 5.91 Å². The Morgan fingerprint density at radius 1 is 1.29 bits per heavy atom. The lowest BCUT2D eigenvalue weighted by atomic mass is 9.97. The van der Waals surface area contributed by atoms with Gasteiger partial charge in [0.15, 0.2) is 0 Å². The molecule has 21 heavy (non-hydrogen) atoms. The topological polar surface area (TPSA) is 58.4 Å². The van der Waals surface area contributed by atoms with Crippen molar-refractivity contribution >= 4 is 23.2 Å². The molecule has 0 unspecified atom stereocenters. The smallest absolute Gasteiger partial charge is 0.250 e. The fraction of sp³-hybridized carbons (Fsp3) is 0.562. The molecule has 0 radical (unpaired) electrons. The zero-order chi connectivity index (χ0) is 14.8. The summed E-state index contributed by atoms with van der Waals surface area (Å²) in [7, 11) is 0. The minimum atomic E-state index is -0.470. The molecule has 3 rings (SSSR count). The van der Waals surface area contributed by atoms with Gasteiger partial charge in [0.1, 0.15) is 0 Å². The summed E-state index contributed by atoms with van der Waals surface area (Å²) in [5, 5.41) is 3.87. The largest absolute Gasteiger partial charge is 0.368 e. The van der Waals surface area contributed by atoms with Crippen LogP contribution < -0.4 is 16.0 Å². The zero-order valence-corrected chi connectivity index (χ0v) is 12.9. The van der Waals surface area contributed by atoms with Crippen LogP contribution in [-0.4, -0.2) is 31.6 Å². The summed E-state index contributed by atoms with van der Waals surface area (Å²) in [5.74, 6) is 0.268. The molecule has 2 fully saturated rings. The summed E-state index contributed by atoms with van der Waals surface area (Å²) in [6.45, 7) is 3.31. The Morgan fingerprint density at radius 2 is 2.00 bits per heavy atom. The maximum Gasteiger partial charge on any atom is 0.250 e. The SMILES string of the molecule is NC(=O)c1ccc(N(CC2CCNCC2)C2CC2)cc1Cl. The molecule has 1 saturated carbocycles. The number of piperidine rings is 1. The van der Waals surface area contributed by atoms with Gasteiger partial charge >= 0.3 is 0 Å². The van der Waals surface area contributed by atoms with Gasteiger partial charge in [0.05, 0.1) is 10.6 Å². The molecule has 0 atom stereocenters. The molecule has 0 spiro atoms. The molecule has 1 aliphatic heterocycles. The molecule has 114 valence electrons. The van der Waals surface area contributed by atoms with Gasteiger partial charge in [0.25, 0.3) is 0 Å². The highest BCUT2D eigenvalue weighted by molar-refractivity contribution is 6.34. The second kappa shape index (κ2) is 6.24. The number of carbonyl (C=O) groups excluding carboxylic acids is 1. The highest BCUT2D eigenvalue weighted by Crippen LogP contribution is 2.35. The lowest BCUT2D eigenvalue weighted by Crippen LogP contribution is -2.37. The van der Waals surface area contributed by atoms with Gasteiger partial charge in [-0.1, -0.05) is 11.6 Å². The van der Waals surface area contributed by atoms with Gasteiger partial charge in [0, 0.05) is 18.3 Å². The van der Waals surface area contributed by atoms with Gasteiger partial charge < -0.3 is 16.0 Å². The van der Waals surface area contributed by atoms with E-state index in [0.717, 1.165) is 31.2 Å². The first-order valence-electron chi connectivity index (χ1n) is 7.72. The fourth-order valence-electron chi connectivity index (χ4n) is 3.08. The van der Waals surface area contributed by atoms with Crippen LogP contribution in [0, 0.1) is 5.92 Å². The van der Waals surface area contributed by atoms with Crippen LogP contribution in [0.5, 0.6) is 0 Å². The number of amides is 1. The van der Waals surface area contributed by atoms with Gasteiger partial charge in [-0.05, 0) is 62.9 Å². The Hall–Kier alpha value is -1.26. The van der Waals surface area contributed by atoms with Crippen molar-refractivity contribution in [3.63, 3.8) is 0 Å². The Bertz CT molecular complexity index is 524. The van der Waals surface area contributed by atoms with E-state index in [1.165, 1.54) is 25.7 Å². The molecule has 1 aliphatic carbocycles. The van der Waals surface area contributed by atoms with Crippen LogP contribution in [0.25, 0.3) is 0 Å². The van der Waals surface area contributed by atoms with Crippen LogP contribution in [0.1, 0.15) is 36.0 Å². The van der Waals surface area contributed by atoms with Crippen molar-refractivity contribution in [1.82, 2.24) is 5.32 Å². The van der Waals surface area contributed by atoms with E-state index in [1.807, 2.05) is 12.1 Å². The van der Waals surface area contributed by atoms with Crippen molar-refractivity contribution in [2.75, 3.05) is 24.5 Å². The molecular weight excluding hydrogens is 286 g/mol. The molecule has 1 heterocycles. The molecule has 0 bridgehead atoms. The molecule has 5 heteroatoms. The maximum atomic E-state index is 11.3. The second-order valence-corrected chi connectivity index (χ2v) is 6.51. The minimum absolute atomic E-state index is 0.401. The van der Waals surface area contributed by atoms with Crippen LogP contribution >= 0.6 is 11.6 Å². The molecule has 2 aliphatic rings. The van der Waals surface area contributed by atoms with E-state index < -0.39 is 5.91 Å². The Kier molecular flexibility index (Phi) is 4.36. The van der Waals surface area contributed by atoms with Crippen LogP contribution in [0.4, 0.5) is 5.69 Å².